The Morgan fingerprint density at radius 1 is 1.03 bits per heavy atom. The maximum atomic E-state index is 6.84. The van der Waals surface area contributed by atoms with E-state index in [1.807, 2.05) is 64.9 Å². The molecule has 37 heavy (non-hydrogen) atoms. The van der Waals surface area contributed by atoms with E-state index in [4.69, 9.17) is 31.2 Å². The summed E-state index contributed by atoms with van der Waals surface area (Å²) in [5.74, 6) is 2.58. The van der Waals surface area contributed by atoms with Gasteiger partial charge in [0.05, 0.1) is 18.2 Å². The van der Waals surface area contributed by atoms with Crippen molar-refractivity contribution >= 4 is 22.9 Å². The molecule has 1 fully saturated rings. The Balaban J connectivity index is 1.63. The zero-order valence-corrected chi connectivity index (χ0v) is 21.6. The Bertz CT molecular complexity index is 1570. The van der Waals surface area contributed by atoms with E-state index in [1.165, 1.54) is 0 Å². The number of fused-ring (bicyclic) bond motifs is 1. The van der Waals surface area contributed by atoms with Crippen LogP contribution in [0.2, 0.25) is 5.02 Å². The molecule has 0 radical (unpaired) electrons. The summed E-state index contributed by atoms with van der Waals surface area (Å²) in [6, 6.07) is 16.3. The van der Waals surface area contributed by atoms with Crippen LogP contribution in [0.4, 0.5) is 5.82 Å². The molecule has 9 heteroatoms. The highest BCUT2D eigenvalue weighted by Gasteiger charge is 2.31. The van der Waals surface area contributed by atoms with Gasteiger partial charge in [0.25, 0.3) is 0 Å². The normalized spacial score (nSPS) is 17.1. The minimum absolute atomic E-state index is 0.250. The summed E-state index contributed by atoms with van der Waals surface area (Å²) in [6.07, 6.45) is 7.74. The van der Waals surface area contributed by atoms with Gasteiger partial charge in [0, 0.05) is 55.5 Å². The summed E-state index contributed by atoms with van der Waals surface area (Å²) in [7, 11) is 5.32. The lowest BCUT2D eigenvalue weighted by molar-refractivity contribution is 0.0328. The van der Waals surface area contributed by atoms with Crippen molar-refractivity contribution < 1.29 is 9.47 Å². The number of hydrogen-bond acceptors (Lipinski definition) is 6. The van der Waals surface area contributed by atoms with E-state index >= 15 is 0 Å². The molecular formula is C28H27ClN6O2. The maximum absolute atomic E-state index is 6.84. The van der Waals surface area contributed by atoms with E-state index in [2.05, 4.69) is 22.4 Å². The molecule has 1 N–H and O–H groups in total. The van der Waals surface area contributed by atoms with Crippen LogP contribution in [0.15, 0.2) is 67.1 Å². The molecule has 0 bridgehead atoms. The fourth-order valence-corrected chi connectivity index (χ4v) is 5.21. The molecule has 1 aliphatic carbocycles. The third kappa shape index (κ3) is 4.12. The number of nitrogens with zero attached hydrogens (tertiary/aromatic N) is 5. The number of aryl methyl sites for hydroxylation is 1. The van der Waals surface area contributed by atoms with E-state index in [0.717, 1.165) is 46.4 Å². The van der Waals surface area contributed by atoms with Gasteiger partial charge in [0.1, 0.15) is 11.3 Å². The third-order valence-corrected chi connectivity index (χ3v) is 7.35. The van der Waals surface area contributed by atoms with Gasteiger partial charge in [-0.15, -0.1) is 5.10 Å². The number of methoxy groups -OCH3 is 2. The van der Waals surface area contributed by atoms with Crippen LogP contribution in [0.25, 0.3) is 39.4 Å². The quantitative estimate of drug-likeness (QED) is 0.299. The Morgan fingerprint density at radius 2 is 1.84 bits per heavy atom. The van der Waals surface area contributed by atoms with Gasteiger partial charge in [-0.05, 0) is 24.5 Å². The number of anilines is 1. The minimum atomic E-state index is 0.250. The van der Waals surface area contributed by atoms with E-state index in [9.17, 15) is 0 Å². The molecule has 3 heterocycles. The first-order valence-electron chi connectivity index (χ1n) is 12.2. The second kappa shape index (κ2) is 9.53. The average molecular weight is 515 g/mol. The monoisotopic (exact) mass is 514 g/mol. The molecule has 1 saturated carbocycles. The summed E-state index contributed by atoms with van der Waals surface area (Å²) in [4.78, 5) is 9.50. The van der Waals surface area contributed by atoms with E-state index in [0.29, 0.717) is 22.4 Å². The van der Waals surface area contributed by atoms with Gasteiger partial charge in [-0.2, -0.15) is 0 Å². The molecule has 8 nitrogen and oxygen atoms in total. The number of aromatic nitrogens is 5. The van der Waals surface area contributed by atoms with E-state index in [1.54, 1.807) is 20.4 Å². The van der Waals surface area contributed by atoms with Crippen LogP contribution in [-0.4, -0.2) is 50.5 Å². The van der Waals surface area contributed by atoms with Crippen LogP contribution >= 0.6 is 11.6 Å². The van der Waals surface area contributed by atoms with E-state index < -0.39 is 0 Å². The molecule has 1 aliphatic rings. The Hall–Kier alpha value is -3.88. The van der Waals surface area contributed by atoms with Crippen molar-refractivity contribution in [3.63, 3.8) is 0 Å². The number of rotatable bonds is 7. The van der Waals surface area contributed by atoms with Crippen molar-refractivity contribution in [1.82, 2.24) is 24.1 Å². The standard InChI is InChI=1S/C28H27ClN6O2/c1-34-13-12-30-28(34)27-32-26(31-18-14-19(15-18)36-2)25-23(17-8-5-4-6-9-17)21(16-35(25)33-27)20-10-7-11-22(37-3)24(20)29/h4-13,16,18-19H,14-15H2,1-3H3,(H,31,32,33). The van der Waals surface area contributed by atoms with Crippen molar-refractivity contribution in [3.05, 3.63) is 72.1 Å². The van der Waals surface area contributed by atoms with Gasteiger partial charge in [0.15, 0.2) is 11.6 Å². The molecule has 0 aliphatic heterocycles. The highest BCUT2D eigenvalue weighted by Crippen LogP contribution is 2.44. The second-order valence-electron chi connectivity index (χ2n) is 9.21. The number of ether oxygens (including phenoxy) is 2. The number of halogens is 1. The fourth-order valence-electron chi connectivity index (χ4n) is 4.91. The maximum Gasteiger partial charge on any atom is 0.218 e. The van der Waals surface area contributed by atoms with Crippen molar-refractivity contribution in [2.24, 2.45) is 7.05 Å². The second-order valence-corrected chi connectivity index (χ2v) is 9.59. The SMILES string of the molecule is COc1cccc(-c2cn3nc(-c4nccn4C)nc(NC4CC(OC)C4)c3c2-c2ccccc2)c1Cl. The lowest BCUT2D eigenvalue weighted by atomic mass is 9.89. The van der Waals surface area contributed by atoms with Gasteiger partial charge < -0.3 is 19.4 Å². The van der Waals surface area contributed by atoms with Crippen LogP contribution in [0.3, 0.4) is 0 Å². The zero-order valence-electron chi connectivity index (χ0n) is 20.9. The molecule has 0 saturated heterocycles. The molecule has 0 atom stereocenters. The van der Waals surface area contributed by atoms with Crippen LogP contribution in [0.5, 0.6) is 5.75 Å². The largest absolute Gasteiger partial charge is 0.495 e. The van der Waals surface area contributed by atoms with Crippen molar-refractivity contribution in [2.75, 3.05) is 19.5 Å². The molecule has 188 valence electrons. The number of hydrogen-bond donors (Lipinski definition) is 1. The Labute approximate surface area is 219 Å². The summed E-state index contributed by atoms with van der Waals surface area (Å²) >= 11 is 6.84. The molecule has 3 aromatic heterocycles. The number of nitrogens with one attached hydrogen (secondary N) is 1. The smallest absolute Gasteiger partial charge is 0.218 e. The molecule has 6 rings (SSSR count). The lowest BCUT2D eigenvalue weighted by Crippen LogP contribution is -2.40. The van der Waals surface area contributed by atoms with Gasteiger partial charge in [-0.25, -0.2) is 14.5 Å². The van der Waals surface area contributed by atoms with Gasteiger partial charge in [-0.3, -0.25) is 0 Å². The van der Waals surface area contributed by atoms with Crippen molar-refractivity contribution in [3.8, 4) is 39.7 Å². The first-order chi connectivity index (χ1) is 18.1. The van der Waals surface area contributed by atoms with Gasteiger partial charge in [-0.1, -0.05) is 54.1 Å². The third-order valence-electron chi connectivity index (χ3n) is 6.96. The summed E-state index contributed by atoms with van der Waals surface area (Å²) in [5.41, 5.74) is 4.70. The molecule has 5 aromatic rings. The highest BCUT2D eigenvalue weighted by molar-refractivity contribution is 6.35. The molecule has 0 spiro atoms. The van der Waals surface area contributed by atoms with Crippen LogP contribution in [0.1, 0.15) is 12.8 Å². The number of imidazole rings is 1. The predicted molar refractivity (Wildman–Crippen MR) is 145 cm³/mol. The summed E-state index contributed by atoms with van der Waals surface area (Å²) in [5, 5.41) is 9.13. The zero-order chi connectivity index (χ0) is 25.5. The number of benzene rings is 2. The Kier molecular flexibility index (Phi) is 6.06. The average Bonchev–Trinajstić information content (AvgIpc) is 3.50. The van der Waals surface area contributed by atoms with Crippen LogP contribution in [-0.2, 0) is 11.8 Å². The van der Waals surface area contributed by atoms with E-state index in [-0.39, 0.29) is 12.1 Å². The van der Waals surface area contributed by atoms with Gasteiger partial charge in [0.2, 0.25) is 5.82 Å². The van der Waals surface area contributed by atoms with Crippen LogP contribution in [0, 0.1) is 0 Å². The lowest BCUT2D eigenvalue weighted by Gasteiger charge is -2.35. The van der Waals surface area contributed by atoms with Crippen LogP contribution < -0.4 is 10.1 Å². The van der Waals surface area contributed by atoms with Crippen molar-refractivity contribution in [2.45, 2.75) is 25.0 Å². The molecule has 0 unspecified atom stereocenters. The fraction of sp³-hybridized carbons (Fsp3) is 0.250. The summed E-state index contributed by atoms with van der Waals surface area (Å²) < 4.78 is 14.8. The topological polar surface area (TPSA) is 78.5 Å². The predicted octanol–water partition coefficient (Wildman–Crippen LogP) is 5.72. The molecule has 2 aromatic carbocycles. The molecule has 0 amide bonds. The highest BCUT2D eigenvalue weighted by atomic mass is 35.5. The first kappa shape index (κ1) is 23.5. The Morgan fingerprint density at radius 3 is 2.54 bits per heavy atom. The molecular weight excluding hydrogens is 488 g/mol. The first-order valence-corrected chi connectivity index (χ1v) is 12.5. The van der Waals surface area contributed by atoms with Crippen molar-refractivity contribution in [1.29, 1.82) is 0 Å². The summed E-state index contributed by atoms with van der Waals surface area (Å²) in [6.45, 7) is 0. The van der Waals surface area contributed by atoms with Gasteiger partial charge >= 0.3 is 0 Å². The minimum Gasteiger partial charge on any atom is -0.495 e.